The minimum absolute atomic E-state index is 0.241. The van der Waals surface area contributed by atoms with Crippen molar-refractivity contribution in [2.45, 2.75) is 45.3 Å². The largest absolute Gasteiger partial charge is 0.444 e. The van der Waals surface area contributed by atoms with Crippen molar-refractivity contribution in [1.29, 1.82) is 0 Å². The lowest BCUT2D eigenvalue weighted by atomic mass is 10.1. The van der Waals surface area contributed by atoms with Crippen LogP contribution in [0.5, 0.6) is 0 Å². The van der Waals surface area contributed by atoms with Gasteiger partial charge < -0.3 is 15.0 Å². The van der Waals surface area contributed by atoms with Crippen LogP contribution in [0.25, 0.3) is 0 Å². The normalized spacial score (nSPS) is 16.4. The highest BCUT2D eigenvalue weighted by molar-refractivity contribution is 5.96. The lowest BCUT2D eigenvalue weighted by Crippen LogP contribution is -2.42. The van der Waals surface area contributed by atoms with Crippen LogP contribution in [0.1, 0.15) is 39.7 Å². The van der Waals surface area contributed by atoms with Gasteiger partial charge in [0.15, 0.2) is 0 Å². The SMILES string of the molecule is C=CN=C(N=C)Nc1cnn(C2CCN(C(=O)OC(C)(C)C)CC2)c1. The number of guanidine groups is 1. The molecule has 8 heteroatoms. The molecule has 1 saturated heterocycles. The molecule has 0 aliphatic carbocycles. The van der Waals surface area contributed by atoms with E-state index in [1.807, 2.05) is 31.6 Å². The van der Waals surface area contributed by atoms with E-state index in [1.54, 1.807) is 11.1 Å². The molecule has 1 aliphatic heterocycles. The molecule has 1 aromatic rings. The van der Waals surface area contributed by atoms with Gasteiger partial charge in [0.1, 0.15) is 5.60 Å². The molecule has 1 fully saturated rings. The minimum atomic E-state index is -0.472. The lowest BCUT2D eigenvalue weighted by molar-refractivity contribution is 0.0185. The zero-order chi connectivity index (χ0) is 18.4. The topological polar surface area (TPSA) is 84.1 Å². The summed E-state index contributed by atoms with van der Waals surface area (Å²) >= 11 is 0. The Bertz CT molecular complexity index is 650. The first-order chi connectivity index (χ1) is 11.8. The summed E-state index contributed by atoms with van der Waals surface area (Å²) in [7, 11) is 0. The zero-order valence-corrected chi connectivity index (χ0v) is 15.1. The van der Waals surface area contributed by atoms with E-state index in [9.17, 15) is 4.79 Å². The second kappa shape index (κ2) is 7.96. The average molecular weight is 346 g/mol. The highest BCUT2D eigenvalue weighted by Gasteiger charge is 2.27. The third-order valence-corrected chi connectivity index (χ3v) is 3.71. The second-order valence-electron chi connectivity index (χ2n) is 6.83. The number of ether oxygens (including phenoxy) is 1. The number of anilines is 1. The van der Waals surface area contributed by atoms with Crippen molar-refractivity contribution in [2.24, 2.45) is 9.98 Å². The number of likely N-dealkylation sites (tertiary alicyclic amines) is 1. The van der Waals surface area contributed by atoms with Crippen LogP contribution in [-0.2, 0) is 4.74 Å². The average Bonchev–Trinajstić information content (AvgIpc) is 3.01. The quantitative estimate of drug-likeness (QED) is 0.673. The molecule has 0 spiro atoms. The Morgan fingerprint density at radius 1 is 1.44 bits per heavy atom. The van der Waals surface area contributed by atoms with Gasteiger partial charge in [0.2, 0.25) is 5.96 Å². The number of nitrogens with zero attached hydrogens (tertiary/aromatic N) is 5. The van der Waals surface area contributed by atoms with Gasteiger partial charge in [-0.2, -0.15) is 5.10 Å². The number of aliphatic imine (C=N–C) groups is 2. The molecular formula is C17H26N6O2. The predicted octanol–water partition coefficient (Wildman–Crippen LogP) is 3.07. The van der Waals surface area contributed by atoms with Crippen molar-refractivity contribution in [3.63, 3.8) is 0 Å². The molecule has 0 bridgehead atoms. The van der Waals surface area contributed by atoms with Crippen molar-refractivity contribution < 1.29 is 9.53 Å². The second-order valence-corrected chi connectivity index (χ2v) is 6.83. The fourth-order valence-electron chi connectivity index (χ4n) is 2.57. The van der Waals surface area contributed by atoms with Crippen LogP contribution in [0.15, 0.2) is 35.2 Å². The maximum absolute atomic E-state index is 12.1. The van der Waals surface area contributed by atoms with Gasteiger partial charge in [0.05, 0.1) is 17.9 Å². The molecule has 2 rings (SSSR count). The van der Waals surface area contributed by atoms with E-state index in [-0.39, 0.29) is 12.1 Å². The molecule has 1 amide bonds. The monoisotopic (exact) mass is 346 g/mol. The van der Waals surface area contributed by atoms with E-state index in [2.05, 4.69) is 33.7 Å². The van der Waals surface area contributed by atoms with Gasteiger partial charge in [0, 0.05) is 25.5 Å². The molecule has 0 unspecified atom stereocenters. The summed E-state index contributed by atoms with van der Waals surface area (Å²) in [4.78, 5) is 21.6. The Kier molecular flexibility index (Phi) is 5.95. The molecule has 0 radical (unpaired) electrons. The molecule has 136 valence electrons. The van der Waals surface area contributed by atoms with Gasteiger partial charge >= 0.3 is 6.09 Å². The smallest absolute Gasteiger partial charge is 0.410 e. The summed E-state index contributed by atoms with van der Waals surface area (Å²) in [6.07, 6.45) is 6.41. The first-order valence-corrected chi connectivity index (χ1v) is 8.27. The number of rotatable bonds is 3. The first kappa shape index (κ1) is 18.7. The van der Waals surface area contributed by atoms with E-state index >= 15 is 0 Å². The molecule has 1 N–H and O–H groups in total. The van der Waals surface area contributed by atoms with E-state index in [0.29, 0.717) is 19.0 Å². The van der Waals surface area contributed by atoms with Crippen LogP contribution in [0.3, 0.4) is 0 Å². The van der Waals surface area contributed by atoms with E-state index < -0.39 is 5.60 Å². The molecule has 25 heavy (non-hydrogen) atoms. The van der Waals surface area contributed by atoms with Gasteiger partial charge in [-0.25, -0.2) is 14.8 Å². The highest BCUT2D eigenvalue weighted by atomic mass is 16.6. The minimum Gasteiger partial charge on any atom is -0.444 e. The van der Waals surface area contributed by atoms with E-state index in [0.717, 1.165) is 18.5 Å². The van der Waals surface area contributed by atoms with Crippen LogP contribution in [0.4, 0.5) is 10.5 Å². The van der Waals surface area contributed by atoms with Crippen molar-refractivity contribution >= 4 is 24.5 Å². The van der Waals surface area contributed by atoms with Crippen molar-refractivity contribution in [3.05, 3.63) is 25.2 Å². The van der Waals surface area contributed by atoms with Crippen molar-refractivity contribution in [3.8, 4) is 0 Å². The number of amides is 1. The maximum Gasteiger partial charge on any atom is 0.410 e. The number of hydrogen-bond donors (Lipinski definition) is 1. The zero-order valence-electron chi connectivity index (χ0n) is 15.1. The highest BCUT2D eigenvalue weighted by Crippen LogP contribution is 2.24. The summed E-state index contributed by atoms with van der Waals surface area (Å²) in [5, 5.41) is 7.42. The van der Waals surface area contributed by atoms with Crippen LogP contribution >= 0.6 is 0 Å². The van der Waals surface area contributed by atoms with Crippen molar-refractivity contribution in [1.82, 2.24) is 14.7 Å². The number of aromatic nitrogens is 2. The number of nitrogens with one attached hydrogen (secondary N) is 1. The van der Waals surface area contributed by atoms with Gasteiger partial charge in [0.25, 0.3) is 0 Å². The molecule has 1 aliphatic rings. The summed E-state index contributed by atoms with van der Waals surface area (Å²) < 4.78 is 7.32. The Morgan fingerprint density at radius 2 is 2.12 bits per heavy atom. The third kappa shape index (κ3) is 5.44. The Morgan fingerprint density at radius 3 is 2.68 bits per heavy atom. The molecule has 8 nitrogen and oxygen atoms in total. The lowest BCUT2D eigenvalue weighted by Gasteiger charge is -2.33. The first-order valence-electron chi connectivity index (χ1n) is 8.27. The molecule has 0 saturated carbocycles. The molecule has 0 atom stereocenters. The predicted molar refractivity (Wildman–Crippen MR) is 99.1 cm³/mol. The van der Waals surface area contributed by atoms with Crippen LogP contribution in [-0.4, -0.2) is 52.1 Å². The summed E-state index contributed by atoms with van der Waals surface area (Å²) in [6, 6.07) is 0.241. The fraction of sp³-hybridized carbons (Fsp3) is 0.529. The van der Waals surface area contributed by atoms with Crippen molar-refractivity contribution in [2.75, 3.05) is 18.4 Å². The van der Waals surface area contributed by atoms with Crippen LogP contribution in [0, 0.1) is 0 Å². The Hall–Kier alpha value is -2.64. The number of hydrogen-bond acceptors (Lipinski definition) is 4. The summed E-state index contributed by atoms with van der Waals surface area (Å²) in [5.74, 6) is 0.370. The van der Waals surface area contributed by atoms with Gasteiger partial charge in [-0.1, -0.05) is 6.58 Å². The maximum atomic E-state index is 12.1. The molecule has 2 heterocycles. The van der Waals surface area contributed by atoms with Gasteiger partial charge in [-0.05, 0) is 40.3 Å². The molecule has 1 aromatic heterocycles. The Labute approximate surface area is 148 Å². The summed E-state index contributed by atoms with van der Waals surface area (Å²) in [5.41, 5.74) is 0.308. The van der Waals surface area contributed by atoms with E-state index in [4.69, 9.17) is 4.74 Å². The van der Waals surface area contributed by atoms with E-state index in [1.165, 1.54) is 6.20 Å². The van der Waals surface area contributed by atoms with Gasteiger partial charge in [-0.15, -0.1) is 0 Å². The number of carbonyl (C=O) groups is 1. The number of piperidine rings is 1. The summed E-state index contributed by atoms with van der Waals surface area (Å²) in [6.45, 7) is 13.9. The third-order valence-electron chi connectivity index (χ3n) is 3.71. The Balaban J connectivity index is 1.91. The van der Waals surface area contributed by atoms with Crippen LogP contribution in [0.2, 0.25) is 0 Å². The van der Waals surface area contributed by atoms with Gasteiger partial charge in [-0.3, -0.25) is 4.68 Å². The molecule has 0 aromatic carbocycles. The standard InChI is InChI=1S/C17H26N6O2/c1-6-19-15(18-5)21-13-11-20-23(12-13)14-7-9-22(10-8-14)16(24)25-17(2,3)4/h6,11-12,14H,1,5,7-10H2,2-4H3,(H,19,21). The number of carbonyl (C=O) groups excluding carboxylic acids is 1. The molecular weight excluding hydrogens is 320 g/mol. The van der Waals surface area contributed by atoms with Crippen LogP contribution < -0.4 is 5.32 Å². The fourth-order valence-corrected chi connectivity index (χ4v) is 2.57.